The summed E-state index contributed by atoms with van der Waals surface area (Å²) in [6, 6.07) is 8.60. The van der Waals surface area contributed by atoms with E-state index in [0.29, 0.717) is 0 Å². The fourth-order valence-electron chi connectivity index (χ4n) is 2.25. The predicted molar refractivity (Wildman–Crippen MR) is 80.1 cm³/mol. The number of hydrogen-bond donors (Lipinski definition) is 1. The summed E-state index contributed by atoms with van der Waals surface area (Å²) in [6.45, 7) is 5.23. The predicted octanol–water partition coefficient (Wildman–Crippen LogP) is 4.20. The molecule has 0 aliphatic rings. The number of furan rings is 1. The van der Waals surface area contributed by atoms with Crippen molar-refractivity contribution in [2.24, 2.45) is 0 Å². The second-order valence-corrected chi connectivity index (χ2v) is 4.94. The minimum Gasteiger partial charge on any atom is -0.459 e. The molecule has 0 amide bonds. The summed E-state index contributed by atoms with van der Waals surface area (Å²) in [5.41, 5.74) is 2.20. The Kier molecular flexibility index (Phi) is 4.65. The maximum atomic E-state index is 5.95. The average molecular weight is 255 g/mol. The molecule has 1 heterocycles. The molecule has 1 N–H and O–H groups in total. The van der Waals surface area contributed by atoms with Crippen LogP contribution in [0.25, 0.3) is 11.0 Å². The first-order chi connectivity index (χ1) is 9.24. The molecule has 0 spiro atoms. The Bertz CT molecular complexity index is 576. The van der Waals surface area contributed by atoms with Gasteiger partial charge in [0.1, 0.15) is 11.3 Å². The van der Waals surface area contributed by atoms with Gasteiger partial charge in [0, 0.05) is 11.8 Å². The van der Waals surface area contributed by atoms with Crippen LogP contribution in [-0.2, 0) is 0 Å². The lowest BCUT2D eigenvalue weighted by atomic mass is 10.1. The van der Waals surface area contributed by atoms with E-state index >= 15 is 0 Å². The molecule has 0 bridgehead atoms. The second-order valence-electron chi connectivity index (χ2n) is 4.94. The van der Waals surface area contributed by atoms with Gasteiger partial charge in [0.15, 0.2) is 0 Å². The number of aryl methyl sites for hydroxylation is 1. The maximum Gasteiger partial charge on any atom is 0.134 e. The van der Waals surface area contributed by atoms with Gasteiger partial charge in [-0.1, -0.05) is 18.6 Å². The van der Waals surface area contributed by atoms with Gasteiger partial charge in [-0.05, 0) is 44.5 Å². The Morgan fingerprint density at radius 3 is 2.95 bits per heavy atom. The highest BCUT2D eigenvalue weighted by Gasteiger charge is 2.15. The van der Waals surface area contributed by atoms with Crippen molar-refractivity contribution in [3.63, 3.8) is 0 Å². The zero-order chi connectivity index (χ0) is 13.7. The quantitative estimate of drug-likeness (QED) is 0.783. The molecular formula is C17H21NO. The smallest absolute Gasteiger partial charge is 0.134 e. The number of fused-ring (bicyclic) bond motifs is 1. The van der Waals surface area contributed by atoms with Crippen molar-refractivity contribution in [3.05, 3.63) is 35.6 Å². The Morgan fingerprint density at radius 2 is 2.21 bits per heavy atom. The molecule has 0 aliphatic heterocycles. The molecule has 0 saturated carbocycles. The van der Waals surface area contributed by atoms with Crippen LogP contribution < -0.4 is 5.32 Å². The maximum absolute atomic E-state index is 5.95. The molecule has 0 fully saturated rings. The highest BCUT2D eigenvalue weighted by atomic mass is 16.3. The molecule has 0 radical (unpaired) electrons. The SMILES string of the molecule is C#CCCC(NCCC)c1cc2cc(C)ccc2o1. The van der Waals surface area contributed by atoms with Gasteiger partial charge in [0.05, 0.1) is 6.04 Å². The molecule has 1 unspecified atom stereocenters. The van der Waals surface area contributed by atoms with E-state index in [1.54, 1.807) is 0 Å². The molecule has 100 valence electrons. The Labute approximate surface area is 115 Å². The number of rotatable bonds is 6. The number of terminal acetylenes is 1. The highest BCUT2D eigenvalue weighted by molar-refractivity contribution is 5.78. The summed E-state index contributed by atoms with van der Waals surface area (Å²) in [5.74, 6) is 3.70. The van der Waals surface area contributed by atoms with E-state index in [1.165, 1.54) is 10.9 Å². The zero-order valence-corrected chi connectivity index (χ0v) is 11.7. The number of nitrogens with one attached hydrogen (secondary N) is 1. The minimum atomic E-state index is 0.212. The molecular weight excluding hydrogens is 234 g/mol. The van der Waals surface area contributed by atoms with Crippen LogP contribution in [0, 0.1) is 19.3 Å². The molecule has 2 rings (SSSR count). The molecule has 1 aromatic carbocycles. The third kappa shape index (κ3) is 3.39. The molecule has 2 heteroatoms. The van der Waals surface area contributed by atoms with Crippen LogP contribution in [0.15, 0.2) is 28.7 Å². The van der Waals surface area contributed by atoms with Gasteiger partial charge in [-0.2, -0.15) is 0 Å². The van der Waals surface area contributed by atoms with Crippen LogP contribution in [-0.4, -0.2) is 6.54 Å². The summed E-state index contributed by atoms with van der Waals surface area (Å²) in [4.78, 5) is 0. The molecule has 2 nitrogen and oxygen atoms in total. The van der Waals surface area contributed by atoms with Gasteiger partial charge < -0.3 is 9.73 Å². The lowest BCUT2D eigenvalue weighted by molar-refractivity contribution is 0.414. The zero-order valence-electron chi connectivity index (χ0n) is 11.7. The van der Waals surface area contributed by atoms with Crippen LogP contribution in [0.5, 0.6) is 0 Å². The first-order valence-corrected chi connectivity index (χ1v) is 6.91. The summed E-state index contributed by atoms with van der Waals surface area (Å²) >= 11 is 0. The summed E-state index contributed by atoms with van der Waals surface area (Å²) in [7, 11) is 0. The third-order valence-electron chi connectivity index (χ3n) is 3.25. The van der Waals surface area contributed by atoms with E-state index in [-0.39, 0.29) is 6.04 Å². The lowest BCUT2D eigenvalue weighted by Gasteiger charge is -2.14. The second kappa shape index (κ2) is 6.45. The van der Waals surface area contributed by atoms with Gasteiger partial charge in [0.2, 0.25) is 0 Å². The monoisotopic (exact) mass is 255 g/mol. The molecule has 1 atom stereocenters. The molecule has 1 aromatic heterocycles. The van der Waals surface area contributed by atoms with Crippen LogP contribution in [0.4, 0.5) is 0 Å². The normalized spacial score (nSPS) is 12.5. The fourth-order valence-corrected chi connectivity index (χ4v) is 2.25. The van der Waals surface area contributed by atoms with Crippen molar-refractivity contribution in [1.29, 1.82) is 0 Å². The minimum absolute atomic E-state index is 0.212. The average Bonchev–Trinajstić information content (AvgIpc) is 2.81. The Balaban J connectivity index is 2.24. The van der Waals surface area contributed by atoms with E-state index in [4.69, 9.17) is 10.8 Å². The molecule has 0 aliphatic carbocycles. The van der Waals surface area contributed by atoms with Gasteiger partial charge >= 0.3 is 0 Å². The van der Waals surface area contributed by atoms with Crippen LogP contribution in [0.1, 0.15) is 43.6 Å². The van der Waals surface area contributed by atoms with E-state index in [0.717, 1.165) is 37.2 Å². The lowest BCUT2D eigenvalue weighted by Crippen LogP contribution is -2.21. The van der Waals surface area contributed by atoms with Crippen molar-refractivity contribution in [2.75, 3.05) is 6.54 Å². The highest BCUT2D eigenvalue weighted by Crippen LogP contribution is 2.27. The van der Waals surface area contributed by atoms with Gasteiger partial charge in [0.25, 0.3) is 0 Å². The largest absolute Gasteiger partial charge is 0.459 e. The van der Waals surface area contributed by atoms with Crippen molar-refractivity contribution in [2.45, 2.75) is 39.2 Å². The van der Waals surface area contributed by atoms with Crippen molar-refractivity contribution < 1.29 is 4.42 Å². The van der Waals surface area contributed by atoms with Crippen LogP contribution >= 0.6 is 0 Å². The molecule has 0 saturated heterocycles. The first kappa shape index (κ1) is 13.7. The third-order valence-corrected chi connectivity index (χ3v) is 3.25. The Morgan fingerprint density at radius 1 is 1.37 bits per heavy atom. The fraction of sp³-hybridized carbons (Fsp3) is 0.412. The van der Waals surface area contributed by atoms with Gasteiger partial charge in [-0.25, -0.2) is 0 Å². The van der Waals surface area contributed by atoms with E-state index in [9.17, 15) is 0 Å². The Hall–Kier alpha value is -1.72. The van der Waals surface area contributed by atoms with Crippen LogP contribution in [0.3, 0.4) is 0 Å². The van der Waals surface area contributed by atoms with Crippen molar-refractivity contribution in [1.82, 2.24) is 5.32 Å². The summed E-state index contributed by atoms with van der Waals surface area (Å²) in [6.07, 6.45) is 8.15. The van der Waals surface area contributed by atoms with Gasteiger partial charge in [-0.3, -0.25) is 0 Å². The van der Waals surface area contributed by atoms with E-state index in [2.05, 4.69) is 43.3 Å². The summed E-state index contributed by atoms with van der Waals surface area (Å²) in [5, 5.41) is 4.67. The van der Waals surface area contributed by atoms with Crippen molar-refractivity contribution >= 4 is 11.0 Å². The van der Waals surface area contributed by atoms with Gasteiger partial charge in [-0.15, -0.1) is 12.3 Å². The van der Waals surface area contributed by atoms with E-state index < -0.39 is 0 Å². The van der Waals surface area contributed by atoms with Crippen LogP contribution in [0.2, 0.25) is 0 Å². The first-order valence-electron chi connectivity index (χ1n) is 6.91. The standard InChI is InChI=1S/C17H21NO/c1-4-6-7-15(18-10-5-2)17-12-14-11-13(3)8-9-16(14)19-17/h1,8-9,11-12,15,18H,5-7,10H2,2-3H3. The summed E-state index contributed by atoms with van der Waals surface area (Å²) < 4.78 is 5.95. The van der Waals surface area contributed by atoms with Crippen molar-refractivity contribution in [3.8, 4) is 12.3 Å². The number of hydrogen-bond acceptors (Lipinski definition) is 2. The topological polar surface area (TPSA) is 25.2 Å². The number of benzene rings is 1. The molecule has 19 heavy (non-hydrogen) atoms. The van der Waals surface area contributed by atoms with E-state index in [1.807, 2.05) is 6.07 Å². The molecule has 2 aromatic rings.